The van der Waals surface area contributed by atoms with Gasteiger partial charge < -0.3 is 14.4 Å². The molecule has 4 aliphatic rings. The zero-order chi connectivity index (χ0) is 19.0. The van der Waals surface area contributed by atoms with Crippen LogP contribution in [0, 0.1) is 5.92 Å². The Kier molecular flexibility index (Phi) is 5.22. The number of benzene rings is 1. The Labute approximate surface area is 161 Å². The van der Waals surface area contributed by atoms with Crippen LogP contribution in [0.1, 0.15) is 50.5 Å². The van der Waals surface area contributed by atoms with Crippen LogP contribution in [0.4, 0.5) is 0 Å². The molecule has 3 atom stereocenters. The Morgan fingerprint density at radius 1 is 1.07 bits per heavy atom. The van der Waals surface area contributed by atoms with Gasteiger partial charge in [0.05, 0.1) is 13.2 Å². The maximum Gasteiger partial charge on any atom is 0.222 e. The van der Waals surface area contributed by atoms with Crippen molar-refractivity contribution in [2.45, 2.75) is 57.0 Å². The monoisotopic (exact) mass is 370 g/mol. The first-order chi connectivity index (χ1) is 13.1. The SMILES string of the molecule is COc1ccc([C@H]2CN(C(=O)CCCC(C)=O)[C@H]3C4CCN(CC4)[C@@H]23)cc1. The van der Waals surface area contributed by atoms with Crippen LogP contribution >= 0.6 is 0 Å². The molecule has 4 aliphatic heterocycles. The zero-order valence-corrected chi connectivity index (χ0v) is 16.4. The normalized spacial score (nSPS) is 31.6. The van der Waals surface area contributed by atoms with Gasteiger partial charge in [0, 0.05) is 31.3 Å². The fraction of sp³-hybridized carbons (Fsp3) is 0.636. The van der Waals surface area contributed by atoms with E-state index >= 15 is 0 Å². The maximum atomic E-state index is 13.0. The number of carbonyl (C=O) groups is 2. The molecule has 0 spiro atoms. The highest BCUT2D eigenvalue weighted by molar-refractivity contribution is 5.79. The fourth-order valence-electron chi connectivity index (χ4n) is 5.48. The number of hydrogen-bond donors (Lipinski definition) is 0. The smallest absolute Gasteiger partial charge is 0.222 e. The van der Waals surface area contributed by atoms with Crippen molar-refractivity contribution in [1.82, 2.24) is 9.80 Å². The summed E-state index contributed by atoms with van der Waals surface area (Å²) in [5.41, 5.74) is 1.30. The zero-order valence-electron chi connectivity index (χ0n) is 16.4. The van der Waals surface area contributed by atoms with Gasteiger partial charge in [0.15, 0.2) is 0 Å². The third-order valence-electron chi connectivity index (χ3n) is 6.78. The lowest BCUT2D eigenvalue weighted by Crippen LogP contribution is -2.60. The molecule has 0 saturated carbocycles. The summed E-state index contributed by atoms with van der Waals surface area (Å²) in [6.45, 7) is 4.72. The number of amides is 1. The second-order valence-corrected chi connectivity index (χ2v) is 8.34. The van der Waals surface area contributed by atoms with E-state index in [0.29, 0.717) is 43.2 Å². The molecule has 146 valence electrons. The van der Waals surface area contributed by atoms with Gasteiger partial charge in [-0.1, -0.05) is 12.1 Å². The third-order valence-corrected chi connectivity index (χ3v) is 6.78. The summed E-state index contributed by atoms with van der Waals surface area (Å²) in [5, 5.41) is 0. The quantitative estimate of drug-likeness (QED) is 0.773. The lowest BCUT2D eigenvalue weighted by atomic mass is 9.75. The summed E-state index contributed by atoms with van der Waals surface area (Å²) in [7, 11) is 1.69. The van der Waals surface area contributed by atoms with Crippen molar-refractivity contribution < 1.29 is 14.3 Å². The predicted octanol–water partition coefficient (Wildman–Crippen LogP) is 2.84. The van der Waals surface area contributed by atoms with Gasteiger partial charge in [-0.05, 0) is 62.9 Å². The summed E-state index contributed by atoms with van der Waals surface area (Å²) in [6.07, 6.45) is 4.07. The molecule has 5 nitrogen and oxygen atoms in total. The number of rotatable bonds is 6. The topological polar surface area (TPSA) is 49.9 Å². The Hall–Kier alpha value is -1.88. The number of Topliss-reactive ketones (excluding diaryl/α,β-unsaturated/α-hetero) is 1. The highest BCUT2D eigenvalue weighted by Gasteiger charge is 2.54. The van der Waals surface area contributed by atoms with Crippen LogP contribution in [0.5, 0.6) is 5.75 Å². The van der Waals surface area contributed by atoms with E-state index in [2.05, 4.69) is 21.9 Å². The lowest BCUT2D eigenvalue weighted by molar-refractivity contribution is -0.136. The van der Waals surface area contributed by atoms with Crippen LogP contribution in [0.3, 0.4) is 0 Å². The summed E-state index contributed by atoms with van der Waals surface area (Å²) >= 11 is 0. The van der Waals surface area contributed by atoms with Crippen LogP contribution in [0.2, 0.25) is 0 Å². The molecular formula is C22H30N2O3. The molecule has 5 heteroatoms. The molecule has 1 aromatic carbocycles. The first-order valence-corrected chi connectivity index (χ1v) is 10.3. The Bertz CT molecular complexity index is 694. The molecule has 27 heavy (non-hydrogen) atoms. The largest absolute Gasteiger partial charge is 0.497 e. The minimum Gasteiger partial charge on any atom is -0.497 e. The molecule has 4 saturated heterocycles. The minimum absolute atomic E-state index is 0.168. The molecule has 0 N–H and O–H groups in total. The van der Waals surface area contributed by atoms with Gasteiger partial charge in [-0.2, -0.15) is 0 Å². The van der Waals surface area contributed by atoms with Crippen molar-refractivity contribution in [3.8, 4) is 5.75 Å². The van der Waals surface area contributed by atoms with Crippen molar-refractivity contribution >= 4 is 11.7 Å². The van der Waals surface area contributed by atoms with Gasteiger partial charge in [-0.15, -0.1) is 0 Å². The van der Waals surface area contributed by atoms with Gasteiger partial charge >= 0.3 is 0 Å². The first kappa shape index (κ1) is 18.5. The van der Waals surface area contributed by atoms with Crippen molar-refractivity contribution in [3.05, 3.63) is 29.8 Å². The maximum absolute atomic E-state index is 13.0. The Morgan fingerprint density at radius 2 is 1.78 bits per heavy atom. The summed E-state index contributed by atoms with van der Waals surface area (Å²) < 4.78 is 5.31. The average Bonchev–Trinajstić information content (AvgIpc) is 3.11. The van der Waals surface area contributed by atoms with Gasteiger partial charge in [-0.3, -0.25) is 9.69 Å². The fourth-order valence-corrected chi connectivity index (χ4v) is 5.48. The number of ketones is 1. The number of piperidine rings is 3. The van der Waals surface area contributed by atoms with E-state index in [0.717, 1.165) is 25.4 Å². The second kappa shape index (κ2) is 7.63. The average molecular weight is 370 g/mol. The Morgan fingerprint density at radius 3 is 2.41 bits per heavy atom. The van der Waals surface area contributed by atoms with Crippen LogP contribution in [0.25, 0.3) is 0 Å². The molecule has 5 rings (SSSR count). The van der Waals surface area contributed by atoms with E-state index < -0.39 is 0 Å². The van der Waals surface area contributed by atoms with Crippen molar-refractivity contribution in [2.24, 2.45) is 5.92 Å². The van der Waals surface area contributed by atoms with E-state index in [9.17, 15) is 9.59 Å². The van der Waals surface area contributed by atoms with Crippen molar-refractivity contribution in [1.29, 1.82) is 0 Å². The molecule has 2 bridgehead atoms. The minimum atomic E-state index is 0.168. The van der Waals surface area contributed by atoms with Crippen LogP contribution < -0.4 is 4.74 Å². The summed E-state index contributed by atoms with van der Waals surface area (Å²) in [6, 6.07) is 9.14. The van der Waals surface area contributed by atoms with Crippen LogP contribution in [-0.2, 0) is 9.59 Å². The second-order valence-electron chi connectivity index (χ2n) is 8.34. The van der Waals surface area contributed by atoms with E-state index in [4.69, 9.17) is 4.74 Å². The van der Waals surface area contributed by atoms with Crippen LogP contribution in [0.15, 0.2) is 24.3 Å². The van der Waals surface area contributed by atoms with E-state index in [1.54, 1.807) is 14.0 Å². The van der Waals surface area contributed by atoms with Gasteiger partial charge in [0.25, 0.3) is 0 Å². The first-order valence-electron chi connectivity index (χ1n) is 10.3. The molecule has 1 aromatic rings. The predicted molar refractivity (Wildman–Crippen MR) is 104 cm³/mol. The molecule has 4 heterocycles. The number of ether oxygens (including phenoxy) is 1. The van der Waals surface area contributed by atoms with Gasteiger partial charge in [0.2, 0.25) is 5.91 Å². The van der Waals surface area contributed by atoms with Crippen molar-refractivity contribution in [2.75, 3.05) is 26.7 Å². The summed E-state index contributed by atoms with van der Waals surface area (Å²) in [4.78, 5) is 29.0. The number of methoxy groups -OCH3 is 1. The van der Waals surface area contributed by atoms with Crippen LogP contribution in [-0.4, -0.2) is 60.3 Å². The number of carbonyl (C=O) groups excluding carboxylic acids is 2. The molecule has 1 amide bonds. The molecule has 4 fully saturated rings. The third kappa shape index (κ3) is 3.49. The number of nitrogens with zero attached hydrogens (tertiary/aromatic N) is 2. The highest BCUT2D eigenvalue weighted by atomic mass is 16.5. The van der Waals surface area contributed by atoms with E-state index in [1.165, 1.54) is 18.4 Å². The number of hydrogen-bond acceptors (Lipinski definition) is 4. The molecule has 0 aliphatic carbocycles. The molecule has 0 unspecified atom stereocenters. The number of fused-ring (bicyclic) bond motifs is 2. The number of likely N-dealkylation sites (tertiary alicyclic amines) is 1. The van der Waals surface area contributed by atoms with Gasteiger partial charge in [-0.25, -0.2) is 0 Å². The van der Waals surface area contributed by atoms with E-state index in [1.807, 2.05) is 12.1 Å². The van der Waals surface area contributed by atoms with Gasteiger partial charge in [0.1, 0.15) is 11.5 Å². The highest BCUT2D eigenvalue weighted by Crippen LogP contribution is 2.46. The standard InChI is InChI=1S/C22H30N2O3/c1-15(25)4-3-5-20(26)24-14-19(16-6-8-18(27-2)9-7-16)22-21(24)17-10-12-23(22)13-11-17/h6-9,17,19,21-22H,3-5,10-14H2,1-2H3/t19-,21+,22+/m1/s1. The lowest BCUT2D eigenvalue weighted by Gasteiger charge is -2.51. The molecule has 0 aromatic heterocycles. The molecule has 0 radical (unpaired) electrons. The van der Waals surface area contributed by atoms with Crippen molar-refractivity contribution in [3.63, 3.8) is 0 Å². The Balaban J connectivity index is 1.56. The molecular weight excluding hydrogens is 340 g/mol. The summed E-state index contributed by atoms with van der Waals surface area (Å²) in [5.74, 6) is 2.26. The van der Waals surface area contributed by atoms with E-state index in [-0.39, 0.29) is 11.7 Å².